The zero-order valence-electron chi connectivity index (χ0n) is 10.8. The predicted molar refractivity (Wildman–Crippen MR) is 66.6 cm³/mol. The Morgan fingerprint density at radius 2 is 1.67 bits per heavy atom. The molecule has 0 saturated carbocycles. The lowest BCUT2D eigenvalue weighted by atomic mass is 9.90. The summed E-state index contributed by atoms with van der Waals surface area (Å²) >= 11 is 0. The van der Waals surface area contributed by atoms with Gasteiger partial charge in [-0.25, -0.2) is 8.78 Å². The zero-order chi connectivity index (χ0) is 13.6. The fourth-order valence-corrected chi connectivity index (χ4v) is 1.77. The maximum Gasteiger partial charge on any atom is 0.298 e. The molecular formula is C14H20F2O2. The van der Waals surface area contributed by atoms with Gasteiger partial charge in [-0.1, -0.05) is 44.2 Å². The van der Waals surface area contributed by atoms with Gasteiger partial charge in [0.15, 0.2) is 0 Å². The second-order valence-electron chi connectivity index (χ2n) is 4.42. The molecule has 102 valence electrons. The minimum absolute atomic E-state index is 0.00516. The standard InChI is InChI=1S/C14H20F2O2/c1-3-13(17,4-2)14(15,16)11-18-10-12-8-6-5-7-9-12/h5-9,17H,3-4,10-11H2,1-2H3. The van der Waals surface area contributed by atoms with Crippen molar-refractivity contribution in [3.63, 3.8) is 0 Å². The van der Waals surface area contributed by atoms with E-state index in [2.05, 4.69) is 0 Å². The molecule has 1 aromatic rings. The Morgan fingerprint density at radius 1 is 1.11 bits per heavy atom. The van der Waals surface area contributed by atoms with E-state index in [9.17, 15) is 13.9 Å². The Kier molecular flexibility index (Phi) is 5.23. The third-order valence-electron chi connectivity index (χ3n) is 3.25. The second-order valence-corrected chi connectivity index (χ2v) is 4.42. The number of ether oxygens (including phenoxy) is 1. The van der Waals surface area contributed by atoms with Crippen molar-refractivity contribution >= 4 is 0 Å². The molecule has 18 heavy (non-hydrogen) atoms. The van der Waals surface area contributed by atoms with Crippen LogP contribution in [0.3, 0.4) is 0 Å². The lowest BCUT2D eigenvalue weighted by molar-refractivity contribution is -0.212. The third kappa shape index (κ3) is 3.50. The summed E-state index contributed by atoms with van der Waals surface area (Å²) < 4.78 is 32.6. The third-order valence-corrected chi connectivity index (χ3v) is 3.25. The number of halogens is 2. The largest absolute Gasteiger partial charge is 0.384 e. The van der Waals surface area contributed by atoms with Crippen molar-refractivity contribution in [2.75, 3.05) is 6.61 Å². The van der Waals surface area contributed by atoms with Gasteiger partial charge >= 0.3 is 0 Å². The van der Waals surface area contributed by atoms with Crippen molar-refractivity contribution in [2.45, 2.75) is 44.8 Å². The average molecular weight is 258 g/mol. The molecule has 0 spiro atoms. The highest BCUT2D eigenvalue weighted by Crippen LogP contribution is 2.34. The normalized spacial score (nSPS) is 12.7. The van der Waals surface area contributed by atoms with E-state index in [1.807, 2.05) is 30.3 Å². The SMILES string of the molecule is CCC(O)(CC)C(F)(F)COCc1ccccc1. The molecule has 0 radical (unpaired) electrons. The van der Waals surface area contributed by atoms with Gasteiger partial charge in [-0.05, 0) is 18.4 Å². The summed E-state index contributed by atoms with van der Waals surface area (Å²) in [5, 5.41) is 9.82. The second kappa shape index (κ2) is 6.25. The van der Waals surface area contributed by atoms with E-state index >= 15 is 0 Å². The molecule has 1 aromatic carbocycles. The molecule has 0 aliphatic rings. The molecule has 0 fully saturated rings. The number of aliphatic hydroxyl groups is 1. The summed E-state index contributed by atoms with van der Waals surface area (Å²) in [6.45, 7) is 2.46. The van der Waals surface area contributed by atoms with Gasteiger partial charge in [-0.2, -0.15) is 0 Å². The van der Waals surface area contributed by atoms with E-state index in [1.54, 1.807) is 13.8 Å². The van der Waals surface area contributed by atoms with Gasteiger partial charge in [0.25, 0.3) is 5.92 Å². The van der Waals surface area contributed by atoms with Crippen molar-refractivity contribution in [2.24, 2.45) is 0 Å². The molecule has 0 heterocycles. The first-order valence-corrected chi connectivity index (χ1v) is 6.17. The predicted octanol–water partition coefficient (Wildman–Crippen LogP) is 3.39. The summed E-state index contributed by atoms with van der Waals surface area (Å²) in [6, 6.07) is 9.12. The Hall–Kier alpha value is -1.00. The highest BCUT2D eigenvalue weighted by atomic mass is 19.3. The van der Waals surface area contributed by atoms with Crippen molar-refractivity contribution in [1.29, 1.82) is 0 Å². The molecule has 4 heteroatoms. The molecular weight excluding hydrogens is 238 g/mol. The molecule has 0 unspecified atom stereocenters. The van der Waals surface area contributed by atoms with Crippen LogP contribution in [-0.2, 0) is 11.3 Å². The van der Waals surface area contributed by atoms with Gasteiger partial charge in [0, 0.05) is 0 Å². The van der Waals surface area contributed by atoms with E-state index < -0.39 is 18.1 Å². The van der Waals surface area contributed by atoms with Crippen molar-refractivity contribution in [3.8, 4) is 0 Å². The Balaban J connectivity index is 2.52. The van der Waals surface area contributed by atoms with E-state index in [4.69, 9.17) is 4.74 Å². The maximum absolute atomic E-state index is 13.8. The highest BCUT2D eigenvalue weighted by Gasteiger charge is 2.50. The lowest BCUT2D eigenvalue weighted by Crippen LogP contribution is -2.50. The van der Waals surface area contributed by atoms with Gasteiger partial charge in [0.05, 0.1) is 6.61 Å². The van der Waals surface area contributed by atoms with Crippen LogP contribution in [0, 0.1) is 0 Å². The van der Waals surface area contributed by atoms with Crippen LogP contribution in [0.25, 0.3) is 0 Å². The molecule has 0 bridgehead atoms. The van der Waals surface area contributed by atoms with Crippen LogP contribution in [0.15, 0.2) is 30.3 Å². The van der Waals surface area contributed by atoms with E-state index in [0.717, 1.165) is 5.56 Å². The topological polar surface area (TPSA) is 29.5 Å². The number of hydrogen-bond acceptors (Lipinski definition) is 2. The van der Waals surface area contributed by atoms with Crippen LogP contribution < -0.4 is 0 Å². The Bertz CT molecular complexity index is 348. The van der Waals surface area contributed by atoms with Crippen molar-refractivity contribution in [1.82, 2.24) is 0 Å². The Labute approximate surface area is 107 Å². The molecule has 0 aromatic heterocycles. The van der Waals surface area contributed by atoms with Crippen LogP contribution in [0.4, 0.5) is 8.78 Å². The van der Waals surface area contributed by atoms with Gasteiger partial charge < -0.3 is 9.84 Å². The molecule has 1 N–H and O–H groups in total. The fourth-order valence-electron chi connectivity index (χ4n) is 1.77. The first-order valence-electron chi connectivity index (χ1n) is 6.17. The van der Waals surface area contributed by atoms with E-state index in [1.165, 1.54) is 0 Å². The van der Waals surface area contributed by atoms with E-state index in [-0.39, 0.29) is 19.4 Å². The fraction of sp³-hybridized carbons (Fsp3) is 0.571. The number of rotatable bonds is 7. The van der Waals surface area contributed by atoms with E-state index in [0.29, 0.717) is 0 Å². The summed E-state index contributed by atoms with van der Waals surface area (Å²) in [4.78, 5) is 0. The molecule has 2 nitrogen and oxygen atoms in total. The van der Waals surface area contributed by atoms with Crippen molar-refractivity contribution in [3.05, 3.63) is 35.9 Å². The minimum Gasteiger partial charge on any atom is -0.384 e. The molecule has 0 atom stereocenters. The minimum atomic E-state index is -3.23. The summed E-state index contributed by atoms with van der Waals surface area (Å²) in [7, 11) is 0. The van der Waals surface area contributed by atoms with Gasteiger partial charge in [-0.15, -0.1) is 0 Å². The average Bonchev–Trinajstić information content (AvgIpc) is 2.38. The van der Waals surface area contributed by atoms with Crippen LogP contribution in [-0.4, -0.2) is 23.2 Å². The smallest absolute Gasteiger partial charge is 0.298 e. The molecule has 1 rings (SSSR count). The van der Waals surface area contributed by atoms with Crippen LogP contribution in [0.2, 0.25) is 0 Å². The molecule has 0 aliphatic carbocycles. The highest BCUT2D eigenvalue weighted by molar-refractivity contribution is 5.13. The number of hydrogen-bond donors (Lipinski definition) is 1. The summed E-state index contributed by atoms with van der Waals surface area (Å²) in [6.07, 6.45) is 0.0103. The van der Waals surface area contributed by atoms with Crippen LogP contribution in [0.1, 0.15) is 32.3 Å². The molecule has 0 saturated heterocycles. The first kappa shape index (κ1) is 15.1. The Morgan fingerprint density at radius 3 is 2.17 bits per heavy atom. The first-order chi connectivity index (χ1) is 8.45. The zero-order valence-corrected chi connectivity index (χ0v) is 10.8. The summed E-state index contributed by atoms with van der Waals surface area (Å²) in [5.41, 5.74) is -1.14. The number of alkyl halides is 2. The number of benzene rings is 1. The molecule has 0 aliphatic heterocycles. The lowest BCUT2D eigenvalue weighted by Gasteiger charge is -2.34. The maximum atomic E-state index is 13.8. The van der Waals surface area contributed by atoms with Crippen LogP contribution >= 0.6 is 0 Å². The van der Waals surface area contributed by atoms with Gasteiger partial charge in [0.2, 0.25) is 0 Å². The monoisotopic (exact) mass is 258 g/mol. The van der Waals surface area contributed by atoms with Crippen LogP contribution in [0.5, 0.6) is 0 Å². The van der Waals surface area contributed by atoms with Gasteiger partial charge in [0.1, 0.15) is 12.2 Å². The van der Waals surface area contributed by atoms with Gasteiger partial charge in [-0.3, -0.25) is 0 Å². The van der Waals surface area contributed by atoms with Crippen molar-refractivity contribution < 1.29 is 18.6 Å². The quantitative estimate of drug-likeness (QED) is 0.812. The summed E-state index contributed by atoms with van der Waals surface area (Å²) in [5.74, 6) is -3.23. The molecule has 0 amide bonds.